The van der Waals surface area contributed by atoms with Crippen LogP contribution in [-0.4, -0.2) is 0 Å². The van der Waals surface area contributed by atoms with Gasteiger partial charge in [-0.2, -0.15) is 0 Å². The van der Waals surface area contributed by atoms with Gasteiger partial charge >= 0.3 is 19.5 Å². The van der Waals surface area contributed by atoms with Gasteiger partial charge in [-0.05, 0) is 0 Å². The number of hydrogen-bond acceptors (Lipinski definition) is 1. The van der Waals surface area contributed by atoms with Gasteiger partial charge in [0.25, 0.3) is 0 Å². The van der Waals surface area contributed by atoms with E-state index in [4.69, 9.17) is 3.87 Å². The van der Waals surface area contributed by atoms with Crippen molar-refractivity contribution in [2.75, 3.05) is 0 Å². The summed E-state index contributed by atoms with van der Waals surface area (Å²) in [6.45, 7) is 0. The van der Waals surface area contributed by atoms with E-state index in [1.165, 1.54) is 0 Å². The van der Waals surface area contributed by atoms with E-state index in [1.807, 2.05) is 0 Å². The minimum absolute atomic E-state index is 0. The molecule has 0 atom stereocenters. The van der Waals surface area contributed by atoms with Gasteiger partial charge in [0.05, 0.1) is 0 Å². The summed E-state index contributed by atoms with van der Waals surface area (Å²) in [5.74, 6) is 0. The molecule has 0 amide bonds. The maximum Gasteiger partial charge on any atom is 0 e. The Balaban J connectivity index is -0.00000000500. The van der Waals surface area contributed by atoms with Crippen LogP contribution in [0.4, 0.5) is 0 Å². The molecule has 1 radical (unpaired) electrons. The van der Waals surface area contributed by atoms with E-state index in [-0.39, 0.29) is 39.7 Å². The summed E-state index contributed by atoms with van der Waals surface area (Å²) in [7, 11) is 0. The van der Waals surface area contributed by atoms with Gasteiger partial charge in [-0.3, -0.25) is 0 Å². The molecule has 4 heteroatoms. The van der Waals surface area contributed by atoms with Crippen molar-refractivity contribution >= 4 is 0 Å². The van der Waals surface area contributed by atoms with Crippen LogP contribution in [-0.2, 0) is 59.3 Å². The SMILES string of the molecule is [Cr].[O]=[Co].[Ta]. The van der Waals surface area contributed by atoms with Crippen molar-refractivity contribution in [1.29, 1.82) is 0 Å². The fourth-order valence-electron chi connectivity index (χ4n) is 0. The predicted octanol–water partition coefficient (Wildman–Crippen LogP) is -0.126. The summed E-state index contributed by atoms with van der Waals surface area (Å²) in [5, 5.41) is 0. The molecule has 0 fully saturated rings. The van der Waals surface area contributed by atoms with Crippen LogP contribution in [0.5, 0.6) is 0 Å². The molecule has 0 saturated heterocycles. The van der Waals surface area contributed by atoms with Crippen molar-refractivity contribution in [2.45, 2.75) is 0 Å². The molecule has 0 aliphatic rings. The molecule has 0 bridgehead atoms. The summed E-state index contributed by atoms with van der Waals surface area (Å²) in [6.07, 6.45) is 0. The summed E-state index contributed by atoms with van der Waals surface area (Å²) in [4.78, 5) is 0. The van der Waals surface area contributed by atoms with Gasteiger partial charge in [-0.15, -0.1) is 0 Å². The van der Waals surface area contributed by atoms with Crippen molar-refractivity contribution in [1.82, 2.24) is 0 Å². The van der Waals surface area contributed by atoms with Crippen molar-refractivity contribution in [3.63, 3.8) is 0 Å². The summed E-state index contributed by atoms with van der Waals surface area (Å²) in [5.41, 5.74) is 0. The van der Waals surface area contributed by atoms with Gasteiger partial charge in [-0.1, -0.05) is 0 Å². The standard InChI is InChI=1S/Co.Cr.O.Ta. The zero-order valence-corrected chi connectivity index (χ0v) is 7.13. The van der Waals surface area contributed by atoms with Crippen LogP contribution in [0.1, 0.15) is 0 Å². The molecule has 1 nitrogen and oxygen atoms in total. The Bertz CT molecular complexity index is 8.00. The van der Waals surface area contributed by atoms with E-state index in [9.17, 15) is 0 Å². The molecular weight excluding hydrogens is 308 g/mol. The Kier molecular flexibility index (Phi) is 103. The molecule has 0 aromatic rings. The zero-order chi connectivity index (χ0) is 2.00. The molecule has 0 unspecified atom stereocenters. The average Bonchev–Trinajstić information content (AvgIpc) is 1.00. The van der Waals surface area contributed by atoms with E-state index >= 15 is 0 Å². The van der Waals surface area contributed by atoms with E-state index in [2.05, 4.69) is 15.7 Å². The van der Waals surface area contributed by atoms with Gasteiger partial charge in [0.1, 0.15) is 0 Å². The molecule has 0 aliphatic heterocycles. The molecule has 0 rings (SSSR count). The van der Waals surface area contributed by atoms with Gasteiger partial charge < -0.3 is 0 Å². The fraction of sp³-hybridized carbons (Fsp3) is 0. The zero-order valence-electron chi connectivity index (χ0n) is 1.60. The Morgan fingerprint density at radius 2 is 1.25 bits per heavy atom. The Hall–Kier alpha value is 1.58. The first-order valence-corrected chi connectivity index (χ1v) is 0.561. The van der Waals surface area contributed by atoms with Crippen LogP contribution in [0.3, 0.4) is 0 Å². The Morgan fingerprint density at radius 1 is 1.25 bits per heavy atom. The van der Waals surface area contributed by atoms with E-state index in [0.717, 1.165) is 0 Å². The summed E-state index contributed by atoms with van der Waals surface area (Å²) in [6, 6.07) is 0. The van der Waals surface area contributed by atoms with Crippen molar-refractivity contribution in [3.8, 4) is 0 Å². The van der Waals surface area contributed by atoms with Gasteiger partial charge in [-0.25, -0.2) is 0 Å². The van der Waals surface area contributed by atoms with E-state index in [0.29, 0.717) is 0 Å². The summed E-state index contributed by atoms with van der Waals surface area (Å²) < 4.78 is 7.94. The van der Waals surface area contributed by atoms with Crippen LogP contribution in [0.2, 0.25) is 0 Å². The minimum atomic E-state index is 0. The second-order valence-corrected chi connectivity index (χ2v) is 0. The third kappa shape index (κ3) is 9.55. The topological polar surface area (TPSA) is 17.1 Å². The molecule has 0 N–H and O–H groups in total. The molecule has 0 aromatic carbocycles. The molecule has 0 aliphatic carbocycles. The molecule has 0 aromatic heterocycles. The normalized spacial score (nSPS) is 1.25. The molecule has 0 saturated carbocycles. The first kappa shape index (κ1) is 17.6. The van der Waals surface area contributed by atoms with Crippen LogP contribution in [0.25, 0.3) is 0 Å². The van der Waals surface area contributed by atoms with Crippen molar-refractivity contribution in [2.24, 2.45) is 0 Å². The number of rotatable bonds is 0. The fourth-order valence-corrected chi connectivity index (χ4v) is 0. The van der Waals surface area contributed by atoms with Gasteiger partial charge in [0.2, 0.25) is 0 Å². The molecule has 0 spiro atoms. The van der Waals surface area contributed by atoms with Gasteiger partial charge in [0, 0.05) is 39.7 Å². The maximum absolute atomic E-state index is 7.94. The second-order valence-electron chi connectivity index (χ2n) is 0. The van der Waals surface area contributed by atoms with Crippen molar-refractivity contribution in [3.05, 3.63) is 0 Å². The minimum Gasteiger partial charge on any atom is 0 e. The average molecular weight is 308 g/mol. The first-order chi connectivity index (χ1) is 1.00. The van der Waals surface area contributed by atoms with Crippen LogP contribution in [0.15, 0.2) is 0 Å². The van der Waals surface area contributed by atoms with Crippen LogP contribution >= 0.6 is 0 Å². The van der Waals surface area contributed by atoms with E-state index in [1.54, 1.807) is 0 Å². The van der Waals surface area contributed by atoms with Crippen LogP contribution < -0.4 is 0 Å². The van der Waals surface area contributed by atoms with Crippen molar-refractivity contribution < 1.29 is 59.3 Å². The quantitative estimate of drug-likeness (QED) is 0.609. The molecule has 26 valence electrons. The number of hydrogen-bond donors (Lipinski definition) is 0. The van der Waals surface area contributed by atoms with E-state index < -0.39 is 0 Å². The Morgan fingerprint density at radius 3 is 1.25 bits per heavy atom. The predicted molar refractivity (Wildman–Crippen MR) is 0.686 cm³/mol. The smallest absolute Gasteiger partial charge is 0 e. The first-order valence-electron chi connectivity index (χ1n) is 0.136. The molecule has 0 heterocycles. The maximum atomic E-state index is 7.94. The second kappa shape index (κ2) is 23.5. The third-order valence-corrected chi connectivity index (χ3v) is 0. The largest absolute Gasteiger partial charge is 0 e. The molecular formula is CoCrOTa. The van der Waals surface area contributed by atoms with Crippen LogP contribution in [0, 0.1) is 0 Å². The third-order valence-electron chi connectivity index (χ3n) is 0. The molecule has 4 heavy (non-hydrogen) atoms. The summed E-state index contributed by atoms with van der Waals surface area (Å²) >= 11 is 2.31. The van der Waals surface area contributed by atoms with Gasteiger partial charge in [0.15, 0.2) is 0 Å². The monoisotopic (exact) mass is 308 g/mol. The Labute approximate surface area is 59.0 Å².